The van der Waals surface area contributed by atoms with Crippen molar-refractivity contribution < 1.29 is 9.21 Å². The fraction of sp³-hybridized carbons (Fsp3) is 0.133. The number of aromatic nitrogens is 1. The van der Waals surface area contributed by atoms with Crippen LogP contribution in [0.5, 0.6) is 0 Å². The third-order valence-electron chi connectivity index (χ3n) is 3.03. The Morgan fingerprint density at radius 2 is 2.05 bits per heavy atom. The van der Waals surface area contributed by atoms with E-state index >= 15 is 0 Å². The molecule has 19 heavy (non-hydrogen) atoms. The molecule has 4 heteroatoms. The normalized spacial score (nSPS) is 10.7. The average molecular weight is 254 g/mol. The van der Waals surface area contributed by atoms with Gasteiger partial charge in [-0.25, -0.2) is 0 Å². The molecular formula is C15H14N2O2. The Morgan fingerprint density at radius 3 is 2.89 bits per heavy atom. The first kappa shape index (κ1) is 11.6. The van der Waals surface area contributed by atoms with Crippen LogP contribution in [0.15, 0.2) is 59.3 Å². The Morgan fingerprint density at radius 1 is 1.16 bits per heavy atom. The molecule has 1 aromatic carbocycles. The van der Waals surface area contributed by atoms with Gasteiger partial charge < -0.3 is 14.3 Å². The van der Waals surface area contributed by atoms with E-state index in [1.807, 2.05) is 47.2 Å². The molecule has 0 unspecified atom stereocenters. The molecule has 3 rings (SSSR count). The number of carbonyl (C=O) groups excluding carboxylic acids is 1. The van der Waals surface area contributed by atoms with Gasteiger partial charge in [0.25, 0.3) is 0 Å². The predicted octanol–water partition coefficient (Wildman–Crippen LogP) is 2.55. The number of nitrogens with zero attached hydrogens (tertiary/aromatic N) is 1. The standard InChI is InChI=1S/C15H14N2O2/c18-15(16-10-13-5-3-9-19-13)11-17-8-7-12-4-1-2-6-14(12)17/h1-9H,10-11H2,(H,16,18). The number of hydrogen-bond donors (Lipinski definition) is 1. The summed E-state index contributed by atoms with van der Waals surface area (Å²) in [5, 5.41) is 3.97. The lowest BCUT2D eigenvalue weighted by molar-refractivity contribution is -0.121. The molecule has 0 saturated heterocycles. The largest absolute Gasteiger partial charge is 0.467 e. The summed E-state index contributed by atoms with van der Waals surface area (Å²) in [4.78, 5) is 11.9. The number of para-hydroxylation sites is 1. The van der Waals surface area contributed by atoms with E-state index in [0.717, 1.165) is 16.7 Å². The van der Waals surface area contributed by atoms with Crippen molar-refractivity contribution in [2.24, 2.45) is 0 Å². The molecule has 2 heterocycles. The maximum atomic E-state index is 11.9. The zero-order chi connectivity index (χ0) is 13.1. The number of furan rings is 1. The average Bonchev–Trinajstić information content (AvgIpc) is 3.07. The van der Waals surface area contributed by atoms with Gasteiger partial charge in [-0.15, -0.1) is 0 Å². The van der Waals surface area contributed by atoms with Crippen molar-refractivity contribution in [1.29, 1.82) is 0 Å². The van der Waals surface area contributed by atoms with E-state index in [9.17, 15) is 4.79 Å². The number of fused-ring (bicyclic) bond motifs is 1. The van der Waals surface area contributed by atoms with Crippen LogP contribution in [-0.4, -0.2) is 10.5 Å². The highest BCUT2D eigenvalue weighted by Crippen LogP contribution is 2.14. The van der Waals surface area contributed by atoms with Gasteiger partial charge in [0.15, 0.2) is 0 Å². The highest BCUT2D eigenvalue weighted by molar-refractivity contribution is 5.83. The van der Waals surface area contributed by atoms with Gasteiger partial charge in [0.05, 0.1) is 12.8 Å². The van der Waals surface area contributed by atoms with Gasteiger partial charge in [0.2, 0.25) is 5.91 Å². The zero-order valence-electron chi connectivity index (χ0n) is 10.4. The molecule has 1 amide bonds. The van der Waals surface area contributed by atoms with Crippen LogP contribution in [0, 0.1) is 0 Å². The smallest absolute Gasteiger partial charge is 0.240 e. The second-order valence-electron chi connectivity index (χ2n) is 4.36. The fourth-order valence-corrected chi connectivity index (χ4v) is 2.09. The zero-order valence-corrected chi connectivity index (χ0v) is 10.4. The second kappa shape index (κ2) is 5.02. The molecule has 0 saturated carbocycles. The maximum Gasteiger partial charge on any atom is 0.240 e. The van der Waals surface area contributed by atoms with Gasteiger partial charge >= 0.3 is 0 Å². The van der Waals surface area contributed by atoms with Crippen LogP contribution in [0.3, 0.4) is 0 Å². The van der Waals surface area contributed by atoms with Crippen molar-refractivity contribution in [1.82, 2.24) is 9.88 Å². The molecule has 0 aliphatic heterocycles. The summed E-state index contributed by atoms with van der Waals surface area (Å²) in [7, 11) is 0. The van der Waals surface area contributed by atoms with Gasteiger partial charge in [-0.3, -0.25) is 4.79 Å². The molecule has 0 aliphatic rings. The van der Waals surface area contributed by atoms with E-state index in [-0.39, 0.29) is 5.91 Å². The minimum atomic E-state index is -0.0299. The molecule has 3 aromatic rings. The van der Waals surface area contributed by atoms with Crippen LogP contribution in [-0.2, 0) is 17.9 Å². The van der Waals surface area contributed by atoms with Crippen LogP contribution in [0.2, 0.25) is 0 Å². The number of rotatable bonds is 4. The number of carbonyl (C=O) groups is 1. The van der Waals surface area contributed by atoms with Crippen LogP contribution < -0.4 is 5.32 Å². The van der Waals surface area contributed by atoms with Gasteiger partial charge in [0, 0.05) is 11.7 Å². The maximum absolute atomic E-state index is 11.9. The Hall–Kier alpha value is -2.49. The molecule has 0 spiro atoms. The van der Waals surface area contributed by atoms with E-state index in [1.165, 1.54) is 0 Å². The van der Waals surface area contributed by atoms with Crippen molar-refractivity contribution in [2.75, 3.05) is 0 Å². The second-order valence-corrected chi connectivity index (χ2v) is 4.36. The quantitative estimate of drug-likeness (QED) is 0.777. The van der Waals surface area contributed by atoms with Crippen LogP contribution in [0.4, 0.5) is 0 Å². The monoisotopic (exact) mass is 254 g/mol. The SMILES string of the molecule is O=C(Cn1ccc2ccccc21)NCc1ccco1. The molecule has 1 N–H and O–H groups in total. The third-order valence-corrected chi connectivity index (χ3v) is 3.03. The Bertz CT molecular complexity index is 683. The summed E-state index contributed by atoms with van der Waals surface area (Å²) >= 11 is 0. The van der Waals surface area contributed by atoms with Crippen molar-refractivity contribution >= 4 is 16.8 Å². The first-order valence-electron chi connectivity index (χ1n) is 6.16. The molecule has 96 valence electrons. The third kappa shape index (κ3) is 2.52. The Balaban J connectivity index is 1.66. The fourth-order valence-electron chi connectivity index (χ4n) is 2.09. The van der Waals surface area contributed by atoms with Crippen molar-refractivity contribution in [3.63, 3.8) is 0 Å². The van der Waals surface area contributed by atoms with Crippen LogP contribution in [0.25, 0.3) is 10.9 Å². The lowest BCUT2D eigenvalue weighted by Gasteiger charge is -2.06. The lowest BCUT2D eigenvalue weighted by Crippen LogP contribution is -2.26. The highest BCUT2D eigenvalue weighted by Gasteiger charge is 2.06. The van der Waals surface area contributed by atoms with Gasteiger partial charge in [-0.1, -0.05) is 18.2 Å². The summed E-state index contributed by atoms with van der Waals surface area (Å²) in [6, 6.07) is 13.7. The number of nitrogens with one attached hydrogen (secondary N) is 1. The van der Waals surface area contributed by atoms with E-state index in [0.29, 0.717) is 13.1 Å². The molecule has 0 radical (unpaired) electrons. The Kier molecular flexibility index (Phi) is 3.06. The molecule has 0 aliphatic carbocycles. The molecule has 0 fully saturated rings. The predicted molar refractivity (Wildman–Crippen MR) is 72.5 cm³/mol. The summed E-state index contributed by atoms with van der Waals surface area (Å²) in [5.41, 5.74) is 1.07. The first-order chi connectivity index (χ1) is 9.33. The van der Waals surface area contributed by atoms with Gasteiger partial charge in [-0.05, 0) is 29.7 Å². The molecule has 4 nitrogen and oxygen atoms in total. The molecular weight excluding hydrogens is 240 g/mol. The van der Waals surface area contributed by atoms with Crippen molar-refractivity contribution in [2.45, 2.75) is 13.1 Å². The minimum Gasteiger partial charge on any atom is -0.467 e. The van der Waals surface area contributed by atoms with E-state index in [4.69, 9.17) is 4.42 Å². The molecule has 0 bridgehead atoms. The van der Waals surface area contributed by atoms with Gasteiger partial charge in [-0.2, -0.15) is 0 Å². The summed E-state index contributed by atoms with van der Waals surface area (Å²) < 4.78 is 7.11. The molecule has 0 atom stereocenters. The summed E-state index contributed by atoms with van der Waals surface area (Å²) in [6.07, 6.45) is 3.53. The van der Waals surface area contributed by atoms with Gasteiger partial charge in [0.1, 0.15) is 12.3 Å². The Labute approximate surface area is 110 Å². The van der Waals surface area contributed by atoms with E-state index in [1.54, 1.807) is 12.3 Å². The molecule has 2 aromatic heterocycles. The topological polar surface area (TPSA) is 47.2 Å². The number of benzene rings is 1. The first-order valence-corrected chi connectivity index (χ1v) is 6.16. The van der Waals surface area contributed by atoms with Crippen molar-refractivity contribution in [3.05, 3.63) is 60.7 Å². The summed E-state index contributed by atoms with van der Waals surface area (Å²) in [5.74, 6) is 0.725. The van der Waals surface area contributed by atoms with E-state index in [2.05, 4.69) is 5.32 Å². The van der Waals surface area contributed by atoms with Crippen LogP contribution >= 0.6 is 0 Å². The van der Waals surface area contributed by atoms with E-state index < -0.39 is 0 Å². The minimum absolute atomic E-state index is 0.0299. The summed E-state index contributed by atoms with van der Waals surface area (Å²) in [6.45, 7) is 0.735. The number of amides is 1. The highest BCUT2D eigenvalue weighted by atomic mass is 16.3. The van der Waals surface area contributed by atoms with Crippen LogP contribution in [0.1, 0.15) is 5.76 Å². The lowest BCUT2D eigenvalue weighted by atomic mass is 10.2. The number of hydrogen-bond acceptors (Lipinski definition) is 2. The van der Waals surface area contributed by atoms with Crippen molar-refractivity contribution in [3.8, 4) is 0 Å².